The van der Waals surface area contributed by atoms with Crippen molar-refractivity contribution < 1.29 is 9.32 Å². The number of nitrogens with zero attached hydrogens (tertiary/aromatic N) is 3. The highest BCUT2D eigenvalue weighted by Gasteiger charge is 2.31. The standard InChI is InChI=1S/C12H11N3O2/c16-10-6-3-4-8(10)12-14-11(15-17-12)9-5-1-2-7-13-9/h1-2,5,7-8H,3-4,6H2. The van der Waals surface area contributed by atoms with E-state index in [0.29, 0.717) is 23.8 Å². The molecule has 1 unspecified atom stereocenters. The van der Waals surface area contributed by atoms with Crippen LogP contribution in [-0.2, 0) is 4.79 Å². The van der Waals surface area contributed by atoms with Crippen LogP contribution < -0.4 is 0 Å². The average Bonchev–Trinajstić information content (AvgIpc) is 2.98. The Hall–Kier alpha value is -2.04. The minimum atomic E-state index is -0.208. The Morgan fingerprint density at radius 3 is 3.00 bits per heavy atom. The monoisotopic (exact) mass is 229 g/mol. The van der Waals surface area contributed by atoms with Gasteiger partial charge >= 0.3 is 0 Å². The quantitative estimate of drug-likeness (QED) is 0.787. The highest BCUT2D eigenvalue weighted by molar-refractivity contribution is 5.86. The van der Waals surface area contributed by atoms with Crippen molar-refractivity contribution in [3.8, 4) is 11.5 Å². The van der Waals surface area contributed by atoms with E-state index in [2.05, 4.69) is 15.1 Å². The molecule has 5 heteroatoms. The van der Waals surface area contributed by atoms with Gasteiger partial charge in [0.05, 0.1) is 5.92 Å². The minimum absolute atomic E-state index is 0.196. The van der Waals surface area contributed by atoms with Gasteiger partial charge < -0.3 is 4.52 Å². The van der Waals surface area contributed by atoms with Crippen molar-refractivity contribution in [3.05, 3.63) is 30.3 Å². The average molecular weight is 229 g/mol. The van der Waals surface area contributed by atoms with Crippen molar-refractivity contribution in [2.24, 2.45) is 0 Å². The molecule has 86 valence electrons. The zero-order chi connectivity index (χ0) is 11.7. The Morgan fingerprint density at radius 2 is 2.29 bits per heavy atom. The third kappa shape index (κ3) is 1.84. The van der Waals surface area contributed by atoms with Gasteiger partial charge in [0.2, 0.25) is 11.7 Å². The topological polar surface area (TPSA) is 68.9 Å². The number of hydrogen-bond acceptors (Lipinski definition) is 5. The van der Waals surface area contributed by atoms with Gasteiger partial charge in [-0.2, -0.15) is 4.98 Å². The summed E-state index contributed by atoms with van der Waals surface area (Å²) in [6.07, 6.45) is 4.01. The third-order valence-corrected chi connectivity index (χ3v) is 2.94. The molecule has 1 saturated carbocycles. The Kier molecular flexibility index (Phi) is 2.44. The van der Waals surface area contributed by atoms with Gasteiger partial charge in [-0.25, -0.2) is 0 Å². The van der Waals surface area contributed by atoms with Gasteiger partial charge in [-0.3, -0.25) is 9.78 Å². The molecule has 17 heavy (non-hydrogen) atoms. The summed E-state index contributed by atoms with van der Waals surface area (Å²) in [6.45, 7) is 0. The second-order valence-electron chi connectivity index (χ2n) is 4.08. The van der Waals surface area contributed by atoms with Crippen LogP contribution in [0.25, 0.3) is 11.5 Å². The molecule has 1 atom stereocenters. The number of Topliss-reactive ketones (excluding diaryl/α,β-unsaturated/α-hetero) is 1. The smallest absolute Gasteiger partial charge is 0.237 e. The van der Waals surface area contributed by atoms with Gasteiger partial charge in [0.15, 0.2) is 0 Å². The molecule has 2 aromatic rings. The lowest BCUT2D eigenvalue weighted by Gasteiger charge is -1.98. The first-order chi connectivity index (χ1) is 8.34. The Labute approximate surface area is 97.9 Å². The van der Waals surface area contributed by atoms with E-state index in [9.17, 15) is 4.79 Å². The van der Waals surface area contributed by atoms with Gasteiger partial charge in [-0.1, -0.05) is 11.2 Å². The minimum Gasteiger partial charge on any atom is -0.338 e. The van der Waals surface area contributed by atoms with Crippen molar-refractivity contribution in [1.82, 2.24) is 15.1 Å². The molecular weight excluding hydrogens is 218 g/mol. The van der Waals surface area contributed by atoms with E-state index in [0.717, 1.165) is 12.8 Å². The number of aromatic nitrogens is 3. The highest BCUT2D eigenvalue weighted by Crippen LogP contribution is 2.30. The normalized spacial score (nSPS) is 19.8. The van der Waals surface area contributed by atoms with E-state index < -0.39 is 0 Å². The molecule has 0 spiro atoms. The molecule has 1 fully saturated rings. The van der Waals surface area contributed by atoms with Crippen molar-refractivity contribution in [2.75, 3.05) is 0 Å². The molecule has 2 aromatic heterocycles. The van der Waals surface area contributed by atoms with E-state index >= 15 is 0 Å². The molecule has 0 amide bonds. The lowest BCUT2D eigenvalue weighted by atomic mass is 10.1. The molecule has 3 rings (SSSR count). The number of pyridine rings is 1. The fourth-order valence-electron chi connectivity index (χ4n) is 2.05. The second-order valence-corrected chi connectivity index (χ2v) is 4.08. The van der Waals surface area contributed by atoms with Crippen molar-refractivity contribution >= 4 is 5.78 Å². The predicted molar refractivity (Wildman–Crippen MR) is 59.1 cm³/mol. The van der Waals surface area contributed by atoms with Crippen LogP contribution in [0.4, 0.5) is 0 Å². The summed E-state index contributed by atoms with van der Waals surface area (Å²) in [4.78, 5) is 20.0. The number of ketones is 1. The Bertz CT molecular complexity index is 536. The first kappa shape index (κ1) is 10.1. The fourth-order valence-corrected chi connectivity index (χ4v) is 2.05. The summed E-state index contributed by atoms with van der Waals surface area (Å²) in [5, 5.41) is 3.86. The van der Waals surface area contributed by atoms with Crippen LogP contribution in [0.3, 0.4) is 0 Å². The molecular formula is C12H11N3O2. The lowest BCUT2D eigenvalue weighted by molar-refractivity contribution is -0.119. The molecule has 5 nitrogen and oxygen atoms in total. The van der Waals surface area contributed by atoms with E-state index in [1.54, 1.807) is 6.20 Å². The van der Waals surface area contributed by atoms with Gasteiger partial charge in [0.1, 0.15) is 11.5 Å². The maximum atomic E-state index is 11.6. The number of hydrogen-bond donors (Lipinski definition) is 0. The first-order valence-corrected chi connectivity index (χ1v) is 5.62. The summed E-state index contributed by atoms with van der Waals surface area (Å²) < 4.78 is 5.15. The fraction of sp³-hybridized carbons (Fsp3) is 0.333. The van der Waals surface area contributed by atoms with Gasteiger partial charge in [0, 0.05) is 12.6 Å². The molecule has 0 aliphatic heterocycles. The van der Waals surface area contributed by atoms with Crippen LogP contribution in [0, 0.1) is 0 Å². The SMILES string of the molecule is O=C1CCCC1c1nc(-c2ccccn2)no1. The van der Waals surface area contributed by atoms with Crippen molar-refractivity contribution in [1.29, 1.82) is 0 Å². The van der Waals surface area contributed by atoms with E-state index in [4.69, 9.17) is 4.52 Å². The zero-order valence-corrected chi connectivity index (χ0v) is 9.17. The van der Waals surface area contributed by atoms with Gasteiger partial charge in [-0.15, -0.1) is 0 Å². The number of carbonyl (C=O) groups is 1. The third-order valence-electron chi connectivity index (χ3n) is 2.94. The Morgan fingerprint density at radius 1 is 1.35 bits per heavy atom. The molecule has 2 heterocycles. The van der Waals surface area contributed by atoms with Crippen LogP contribution in [0.15, 0.2) is 28.9 Å². The molecule has 0 radical (unpaired) electrons. The summed E-state index contributed by atoms with van der Waals surface area (Å²) in [5.41, 5.74) is 0.660. The second kappa shape index (κ2) is 4.08. The predicted octanol–water partition coefficient (Wildman–Crippen LogP) is 1.97. The van der Waals surface area contributed by atoms with Crippen LogP contribution >= 0.6 is 0 Å². The van der Waals surface area contributed by atoms with Crippen LogP contribution in [0.1, 0.15) is 31.1 Å². The molecule has 0 saturated heterocycles. The largest absolute Gasteiger partial charge is 0.338 e. The van der Waals surface area contributed by atoms with Crippen LogP contribution in [-0.4, -0.2) is 20.9 Å². The number of carbonyl (C=O) groups excluding carboxylic acids is 1. The molecule has 0 N–H and O–H groups in total. The zero-order valence-electron chi connectivity index (χ0n) is 9.17. The molecule has 0 bridgehead atoms. The summed E-state index contributed by atoms with van der Waals surface area (Å²) in [7, 11) is 0. The van der Waals surface area contributed by atoms with E-state index in [-0.39, 0.29) is 11.7 Å². The highest BCUT2D eigenvalue weighted by atomic mass is 16.5. The molecule has 1 aliphatic carbocycles. The maximum absolute atomic E-state index is 11.6. The molecule has 1 aliphatic rings. The van der Waals surface area contributed by atoms with Crippen LogP contribution in [0.2, 0.25) is 0 Å². The van der Waals surface area contributed by atoms with Crippen molar-refractivity contribution in [2.45, 2.75) is 25.2 Å². The van der Waals surface area contributed by atoms with E-state index in [1.807, 2.05) is 18.2 Å². The molecule has 0 aromatic carbocycles. The first-order valence-electron chi connectivity index (χ1n) is 5.62. The van der Waals surface area contributed by atoms with Crippen LogP contribution in [0.5, 0.6) is 0 Å². The van der Waals surface area contributed by atoms with Gasteiger partial charge in [0.25, 0.3) is 0 Å². The maximum Gasteiger partial charge on any atom is 0.237 e. The lowest BCUT2D eigenvalue weighted by Crippen LogP contribution is -2.04. The van der Waals surface area contributed by atoms with E-state index in [1.165, 1.54) is 0 Å². The Balaban J connectivity index is 1.91. The summed E-state index contributed by atoms with van der Waals surface area (Å²) >= 11 is 0. The number of rotatable bonds is 2. The van der Waals surface area contributed by atoms with Gasteiger partial charge in [-0.05, 0) is 25.0 Å². The summed E-state index contributed by atoms with van der Waals surface area (Å²) in [5.74, 6) is 0.856. The van der Waals surface area contributed by atoms with Crippen molar-refractivity contribution in [3.63, 3.8) is 0 Å². The summed E-state index contributed by atoms with van der Waals surface area (Å²) in [6, 6.07) is 5.50.